The molecule has 0 amide bonds. The Morgan fingerprint density at radius 1 is 1.04 bits per heavy atom. The summed E-state index contributed by atoms with van der Waals surface area (Å²) in [5.74, 6) is 3.40. The number of fused-ring (bicyclic) bond motifs is 5. The highest BCUT2D eigenvalue weighted by Crippen LogP contribution is 2.69. The lowest BCUT2D eigenvalue weighted by Crippen LogP contribution is -2.58. The summed E-state index contributed by atoms with van der Waals surface area (Å²) in [6.45, 7) is 17.0. The van der Waals surface area contributed by atoms with Crippen molar-refractivity contribution in [2.24, 2.45) is 34.5 Å². The van der Waals surface area contributed by atoms with Crippen molar-refractivity contribution < 1.29 is 9.22 Å². The van der Waals surface area contributed by atoms with Gasteiger partial charge in [-0.2, -0.15) is 0 Å². The Morgan fingerprint density at radius 3 is 2.37 bits per heavy atom. The Morgan fingerprint density at radius 2 is 1.70 bits per heavy atom. The molecule has 0 aromatic carbocycles. The quantitative estimate of drug-likeness (QED) is 0.513. The van der Waals surface area contributed by atoms with Crippen molar-refractivity contribution in [3.63, 3.8) is 0 Å². The summed E-state index contributed by atoms with van der Waals surface area (Å²) in [5, 5.41) is 0. The van der Waals surface area contributed by atoms with Crippen molar-refractivity contribution >= 4 is 14.1 Å². The zero-order valence-corrected chi connectivity index (χ0v) is 19.7. The molecule has 0 aliphatic heterocycles. The van der Waals surface area contributed by atoms with Gasteiger partial charge < -0.3 is 4.43 Å². The van der Waals surface area contributed by atoms with Gasteiger partial charge in [0.2, 0.25) is 0 Å². The van der Waals surface area contributed by atoms with Gasteiger partial charge in [0, 0.05) is 6.42 Å². The van der Waals surface area contributed by atoms with Crippen LogP contribution in [0.15, 0.2) is 11.6 Å². The lowest BCUT2D eigenvalue weighted by Gasteiger charge is -2.61. The van der Waals surface area contributed by atoms with E-state index >= 15 is 0 Å². The summed E-state index contributed by atoms with van der Waals surface area (Å²) in [6, 6.07) is 0. The van der Waals surface area contributed by atoms with Crippen LogP contribution >= 0.6 is 0 Å². The van der Waals surface area contributed by atoms with Crippen LogP contribution < -0.4 is 0 Å². The van der Waals surface area contributed by atoms with E-state index in [1.165, 1.54) is 31.3 Å². The molecule has 4 rings (SSSR count). The minimum atomic E-state index is -1.58. The summed E-state index contributed by atoms with van der Waals surface area (Å²) in [5.41, 5.74) is 2.11. The first-order chi connectivity index (χ1) is 12.4. The number of hydrogen-bond acceptors (Lipinski definition) is 2. The molecular weight excluding hydrogens is 348 g/mol. The number of hydrogen-bond donors (Lipinski definition) is 0. The monoisotopic (exact) mass is 388 g/mol. The van der Waals surface area contributed by atoms with Crippen LogP contribution in [0.5, 0.6) is 0 Å². The number of rotatable bonds is 2. The molecule has 0 bridgehead atoms. The fraction of sp³-hybridized carbons (Fsp3) is 0.875. The van der Waals surface area contributed by atoms with E-state index in [0.29, 0.717) is 17.1 Å². The minimum absolute atomic E-state index is 0.0480. The predicted octanol–water partition coefficient (Wildman–Crippen LogP) is 6.37. The molecule has 4 aliphatic carbocycles. The van der Waals surface area contributed by atoms with E-state index in [1.54, 1.807) is 0 Å². The molecule has 5 unspecified atom stereocenters. The molecule has 7 atom stereocenters. The largest absolute Gasteiger partial charge is 0.412 e. The molecule has 0 aromatic rings. The van der Waals surface area contributed by atoms with Gasteiger partial charge in [0.15, 0.2) is 14.1 Å². The molecule has 152 valence electrons. The average Bonchev–Trinajstić information content (AvgIpc) is 2.79. The fourth-order valence-electron chi connectivity index (χ4n) is 7.98. The van der Waals surface area contributed by atoms with E-state index in [0.717, 1.165) is 37.0 Å². The maximum atomic E-state index is 12.1. The van der Waals surface area contributed by atoms with Gasteiger partial charge in [-0.05, 0) is 106 Å². The van der Waals surface area contributed by atoms with Crippen LogP contribution in [-0.4, -0.2) is 19.7 Å². The molecule has 0 N–H and O–H groups in total. The Hall–Kier alpha value is -0.413. The second-order valence-electron chi connectivity index (χ2n) is 12.0. The van der Waals surface area contributed by atoms with E-state index in [-0.39, 0.29) is 11.0 Å². The van der Waals surface area contributed by atoms with Gasteiger partial charge in [0.1, 0.15) is 0 Å². The maximum Gasteiger partial charge on any atom is 0.184 e. The highest BCUT2D eigenvalue weighted by atomic mass is 28.4. The van der Waals surface area contributed by atoms with Crippen molar-refractivity contribution in [1.29, 1.82) is 0 Å². The third-order valence-electron chi connectivity index (χ3n) is 9.37. The Kier molecular flexibility index (Phi) is 4.45. The molecular formula is C24H40O2Si. The van der Waals surface area contributed by atoms with Crippen molar-refractivity contribution in [1.82, 2.24) is 0 Å². The SMILES string of the molecule is C[C@@H]1CC2=CC(=O)CCC2(C)C2CCC3(C)C(CC[C@@]3(C)O[Si](C)(C)C)C21. The smallest absolute Gasteiger partial charge is 0.184 e. The first-order valence-corrected chi connectivity index (χ1v) is 14.7. The van der Waals surface area contributed by atoms with E-state index in [2.05, 4.69) is 47.3 Å². The lowest BCUT2D eigenvalue weighted by molar-refractivity contribution is -0.127. The Labute approximate surface area is 167 Å². The second-order valence-corrected chi connectivity index (χ2v) is 16.4. The van der Waals surface area contributed by atoms with Crippen molar-refractivity contribution in [3.8, 4) is 0 Å². The van der Waals surface area contributed by atoms with Gasteiger partial charge in [0.25, 0.3) is 0 Å². The highest BCUT2D eigenvalue weighted by Gasteiger charge is 2.64. The first-order valence-electron chi connectivity index (χ1n) is 11.3. The van der Waals surface area contributed by atoms with Crippen LogP contribution in [0.2, 0.25) is 19.6 Å². The van der Waals surface area contributed by atoms with E-state index in [4.69, 9.17) is 4.43 Å². The molecule has 3 saturated carbocycles. The third kappa shape index (κ3) is 2.86. The van der Waals surface area contributed by atoms with Crippen molar-refractivity contribution in [3.05, 3.63) is 11.6 Å². The molecule has 2 nitrogen and oxygen atoms in total. The topological polar surface area (TPSA) is 26.3 Å². The molecule has 0 radical (unpaired) electrons. The normalized spacial score (nSPS) is 49.9. The Balaban J connectivity index is 1.69. The van der Waals surface area contributed by atoms with Crippen LogP contribution in [-0.2, 0) is 9.22 Å². The molecule has 0 heterocycles. The molecule has 4 aliphatic rings. The average molecular weight is 389 g/mol. The zero-order chi connectivity index (χ0) is 19.8. The van der Waals surface area contributed by atoms with Gasteiger partial charge in [-0.1, -0.05) is 26.3 Å². The van der Waals surface area contributed by atoms with Crippen LogP contribution in [0, 0.1) is 34.5 Å². The zero-order valence-electron chi connectivity index (χ0n) is 18.7. The maximum absolute atomic E-state index is 12.1. The summed E-state index contributed by atoms with van der Waals surface area (Å²) in [6.07, 6.45) is 10.2. The van der Waals surface area contributed by atoms with E-state index < -0.39 is 8.32 Å². The van der Waals surface area contributed by atoms with Gasteiger partial charge in [-0.3, -0.25) is 4.79 Å². The number of allylic oxidation sites excluding steroid dienone is 1. The molecule has 0 spiro atoms. The number of ketones is 1. The first kappa shape index (κ1) is 19.9. The Bertz CT molecular complexity index is 676. The van der Waals surface area contributed by atoms with Crippen LogP contribution in [0.1, 0.15) is 72.6 Å². The van der Waals surface area contributed by atoms with E-state index in [9.17, 15) is 4.79 Å². The third-order valence-corrected chi connectivity index (χ3v) is 10.4. The van der Waals surface area contributed by atoms with Crippen molar-refractivity contribution in [2.75, 3.05) is 0 Å². The summed E-state index contributed by atoms with van der Waals surface area (Å²) < 4.78 is 6.90. The van der Waals surface area contributed by atoms with Gasteiger partial charge in [-0.15, -0.1) is 0 Å². The lowest BCUT2D eigenvalue weighted by atomic mass is 9.44. The second kappa shape index (κ2) is 6.04. The highest BCUT2D eigenvalue weighted by molar-refractivity contribution is 6.69. The standard InChI is InChI=1S/C24H40O2Si/c1-16-14-17-15-18(25)8-11-22(17,2)19-9-12-23(3)20(21(16)19)10-13-24(23,4)26-27(5,6)7/h15-16,19-21H,8-14H2,1-7H3/t16-,19?,20?,21?,22?,23?,24-/m1/s1. The van der Waals surface area contributed by atoms with Gasteiger partial charge in [0.05, 0.1) is 5.60 Å². The number of carbonyl (C=O) groups excluding carboxylic acids is 1. The molecule has 0 saturated heterocycles. The van der Waals surface area contributed by atoms with Crippen molar-refractivity contribution in [2.45, 2.75) is 97.9 Å². The molecule has 0 aromatic heterocycles. The van der Waals surface area contributed by atoms with Gasteiger partial charge in [-0.25, -0.2) is 0 Å². The minimum Gasteiger partial charge on any atom is -0.412 e. The van der Waals surface area contributed by atoms with Crippen LogP contribution in [0.3, 0.4) is 0 Å². The summed E-state index contributed by atoms with van der Waals surface area (Å²) in [7, 11) is -1.58. The molecule has 3 heteroatoms. The predicted molar refractivity (Wildman–Crippen MR) is 114 cm³/mol. The molecule has 27 heavy (non-hydrogen) atoms. The van der Waals surface area contributed by atoms with E-state index in [1.807, 2.05) is 6.08 Å². The fourth-order valence-corrected chi connectivity index (χ4v) is 9.66. The molecule has 3 fully saturated rings. The van der Waals surface area contributed by atoms with Crippen LogP contribution in [0.4, 0.5) is 0 Å². The van der Waals surface area contributed by atoms with Gasteiger partial charge >= 0.3 is 0 Å². The van der Waals surface area contributed by atoms with Crippen LogP contribution in [0.25, 0.3) is 0 Å². The summed E-state index contributed by atoms with van der Waals surface area (Å²) >= 11 is 0. The summed E-state index contributed by atoms with van der Waals surface area (Å²) in [4.78, 5) is 12.1. The number of carbonyl (C=O) groups is 1.